The Morgan fingerprint density at radius 1 is 1.54 bits per heavy atom. The molecule has 74 valence electrons. The highest BCUT2D eigenvalue weighted by molar-refractivity contribution is 5.86. The molecule has 0 aromatic rings. The minimum absolute atomic E-state index is 0.00581. The van der Waals surface area contributed by atoms with Gasteiger partial charge in [0.05, 0.1) is 12.0 Å². The van der Waals surface area contributed by atoms with E-state index in [-0.39, 0.29) is 17.7 Å². The number of likely N-dealkylation sites (tertiary alicyclic amines) is 1. The van der Waals surface area contributed by atoms with E-state index in [0.29, 0.717) is 13.1 Å². The molecule has 0 spiro atoms. The lowest BCUT2D eigenvalue weighted by Crippen LogP contribution is -2.58. The summed E-state index contributed by atoms with van der Waals surface area (Å²) in [5.41, 5.74) is 5.41. The van der Waals surface area contributed by atoms with Gasteiger partial charge in [0.2, 0.25) is 11.8 Å². The number of nitrogens with two attached hydrogens (primary N) is 1. The quantitative estimate of drug-likeness (QED) is 0.552. The van der Waals surface area contributed by atoms with Gasteiger partial charge in [0, 0.05) is 20.1 Å². The van der Waals surface area contributed by atoms with Crippen LogP contribution in [0.2, 0.25) is 0 Å². The van der Waals surface area contributed by atoms with Crippen molar-refractivity contribution in [2.45, 2.75) is 13.0 Å². The maximum Gasteiger partial charge on any atom is 0.239 e. The topological polar surface area (TPSA) is 75.4 Å². The van der Waals surface area contributed by atoms with Crippen LogP contribution in [-0.4, -0.2) is 42.9 Å². The molecule has 0 aliphatic carbocycles. The van der Waals surface area contributed by atoms with E-state index < -0.39 is 6.04 Å². The molecular formula is C8H15N3O2. The Kier molecular flexibility index (Phi) is 2.87. The van der Waals surface area contributed by atoms with Gasteiger partial charge in [0.1, 0.15) is 0 Å². The Bertz CT molecular complexity index is 221. The zero-order valence-electron chi connectivity index (χ0n) is 7.91. The summed E-state index contributed by atoms with van der Waals surface area (Å²) in [5, 5.41) is 2.55. The molecule has 1 heterocycles. The van der Waals surface area contributed by atoms with E-state index in [1.807, 2.05) is 0 Å². The fraction of sp³-hybridized carbons (Fsp3) is 0.750. The van der Waals surface area contributed by atoms with E-state index in [1.54, 1.807) is 18.9 Å². The van der Waals surface area contributed by atoms with Gasteiger partial charge in [-0.15, -0.1) is 0 Å². The van der Waals surface area contributed by atoms with Gasteiger partial charge in [-0.25, -0.2) is 0 Å². The van der Waals surface area contributed by atoms with Crippen LogP contribution in [0.5, 0.6) is 0 Å². The fourth-order valence-electron chi connectivity index (χ4n) is 1.32. The second-order valence-electron chi connectivity index (χ2n) is 3.34. The maximum atomic E-state index is 11.3. The number of hydrogen-bond acceptors (Lipinski definition) is 3. The second-order valence-corrected chi connectivity index (χ2v) is 3.34. The molecule has 1 rings (SSSR count). The van der Waals surface area contributed by atoms with Crippen LogP contribution in [0.3, 0.4) is 0 Å². The smallest absolute Gasteiger partial charge is 0.239 e. The van der Waals surface area contributed by atoms with Crippen LogP contribution < -0.4 is 11.1 Å². The van der Waals surface area contributed by atoms with Crippen LogP contribution in [0.1, 0.15) is 6.92 Å². The molecule has 0 saturated carbocycles. The number of nitrogens with one attached hydrogen (secondary N) is 1. The van der Waals surface area contributed by atoms with E-state index in [2.05, 4.69) is 5.32 Å². The molecule has 13 heavy (non-hydrogen) atoms. The van der Waals surface area contributed by atoms with Crippen LogP contribution >= 0.6 is 0 Å². The number of carbonyl (C=O) groups is 2. The van der Waals surface area contributed by atoms with E-state index in [9.17, 15) is 9.59 Å². The van der Waals surface area contributed by atoms with Gasteiger partial charge in [-0.05, 0) is 6.92 Å². The molecule has 0 bridgehead atoms. The van der Waals surface area contributed by atoms with Gasteiger partial charge in [-0.1, -0.05) is 0 Å². The molecule has 2 amide bonds. The lowest BCUT2D eigenvalue weighted by atomic mass is 9.98. The maximum absolute atomic E-state index is 11.3. The monoisotopic (exact) mass is 185 g/mol. The molecule has 3 N–H and O–H groups in total. The Morgan fingerprint density at radius 3 is 2.46 bits per heavy atom. The Labute approximate surface area is 77.3 Å². The van der Waals surface area contributed by atoms with E-state index in [1.165, 1.54) is 0 Å². The highest BCUT2D eigenvalue weighted by Crippen LogP contribution is 2.15. The minimum atomic E-state index is -0.467. The largest absolute Gasteiger partial charge is 0.359 e. The molecule has 5 nitrogen and oxygen atoms in total. The first-order valence-electron chi connectivity index (χ1n) is 4.32. The molecule has 0 aromatic carbocycles. The zero-order valence-corrected chi connectivity index (χ0v) is 7.91. The van der Waals surface area contributed by atoms with Gasteiger partial charge in [-0.3, -0.25) is 9.59 Å². The third kappa shape index (κ3) is 1.98. The third-order valence-corrected chi connectivity index (χ3v) is 2.20. The van der Waals surface area contributed by atoms with Crippen molar-refractivity contribution in [3.63, 3.8) is 0 Å². The van der Waals surface area contributed by atoms with Crippen LogP contribution in [0.4, 0.5) is 0 Å². The SMILES string of the molecule is CNC(=O)C1CN(C(=O)C(C)N)C1. The third-order valence-electron chi connectivity index (χ3n) is 2.20. The molecule has 1 aliphatic rings. The van der Waals surface area contributed by atoms with Crippen LogP contribution in [0.15, 0.2) is 0 Å². The predicted octanol–water partition coefficient (Wildman–Crippen LogP) is -1.46. The van der Waals surface area contributed by atoms with Crippen molar-refractivity contribution < 1.29 is 9.59 Å². The molecule has 1 aliphatic heterocycles. The molecule has 0 radical (unpaired) electrons. The summed E-state index contributed by atoms with van der Waals surface area (Å²) in [6.45, 7) is 2.65. The summed E-state index contributed by atoms with van der Waals surface area (Å²) >= 11 is 0. The van der Waals surface area contributed by atoms with Crippen molar-refractivity contribution in [2.75, 3.05) is 20.1 Å². The van der Waals surface area contributed by atoms with Crippen molar-refractivity contribution >= 4 is 11.8 Å². The number of rotatable bonds is 2. The molecule has 1 saturated heterocycles. The second kappa shape index (κ2) is 3.74. The van der Waals surface area contributed by atoms with E-state index >= 15 is 0 Å². The fourth-order valence-corrected chi connectivity index (χ4v) is 1.32. The Balaban J connectivity index is 2.33. The number of nitrogens with zero attached hydrogens (tertiary/aromatic N) is 1. The first kappa shape index (κ1) is 9.98. The standard InChI is InChI=1S/C8H15N3O2/c1-5(9)8(13)11-3-6(4-11)7(12)10-2/h5-6H,3-4,9H2,1-2H3,(H,10,12). The normalized spacial score (nSPS) is 19.2. The number of amides is 2. The average Bonchev–Trinajstić information content (AvgIpc) is 2.00. The van der Waals surface area contributed by atoms with Gasteiger partial charge < -0.3 is 16.0 Å². The molecule has 0 aromatic heterocycles. The lowest BCUT2D eigenvalue weighted by molar-refractivity contribution is -0.143. The Hall–Kier alpha value is -1.10. The predicted molar refractivity (Wildman–Crippen MR) is 47.8 cm³/mol. The number of hydrogen-bond donors (Lipinski definition) is 2. The molecule has 1 unspecified atom stereocenters. The van der Waals surface area contributed by atoms with E-state index in [4.69, 9.17) is 5.73 Å². The summed E-state index contributed by atoms with van der Waals surface area (Å²) in [4.78, 5) is 23.9. The van der Waals surface area contributed by atoms with Gasteiger partial charge in [-0.2, -0.15) is 0 Å². The van der Waals surface area contributed by atoms with Crippen molar-refractivity contribution in [3.8, 4) is 0 Å². The van der Waals surface area contributed by atoms with Crippen molar-refractivity contribution in [1.82, 2.24) is 10.2 Å². The highest BCUT2D eigenvalue weighted by Gasteiger charge is 2.35. The van der Waals surface area contributed by atoms with Crippen molar-refractivity contribution in [2.24, 2.45) is 11.7 Å². The Morgan fingerprint density at radius 2 is 2.08 bits per heavy atom. The van der Waals surface area contributed by atoms with Crippen molar-refractivity contribution in [3.05, 3.63) is 0 Å². The summed E-state index contributed by atoms with van der Waals surface area (Å²) in [7, 11) is 1.60. The number of carbonyl (C=O) groups excluding carboxylic acids is 2. The first-order chi connectivity index (χ1) is 6.06. The van der Waals surface area contributed by atoms with Crippen LogP contribution in [0, 0.1) is 5.92 Å². The lowest BCUT2D eigenvalue weighted by Gasteiger charge is -2.38. The van der Waals surface area contributed by atoms with Crippen LogP contribution in [-0.2, 0) is 9.59 Å². The molecular weight excluding hydrogens is 170 g/mol. The van der Waals surface area contributed by atoms with Gasteiger partial charge in [0.25, 0.3) is 0 Å². The summed E-state index contributed by atoms with van der Waals surface area (Å²) in [6.07, 6.45) is 0. The van der Waals surface area contributed by atoms with Gasteiger partial charge in [0.15, 0.2) is 0 Å². The average molecular weight is 185 g/mol. The first-order valence-corrected chi connectivity index (χ1v) is 4.32. The molecule has 1 atom stereocenters. The molecule has 1 fully saturated rings. The summed E-state index contributed by atoms with van der Waals surface area (Å²) < 4.78 is 0. The van der Waals surface area contributed by atoms with Crippen molar-refractivity contribution in [1.29, 1.82) is 0 Å². The summed E-state index contributed by atoms with van der Waals surface area (Å²) in [5.74, 6) is -0.137. The van der Waals surface area contributed by atoms with Gasteiger partial charge >= 0.3 is 0 Å². The molecule has 5 heteroatoms. The summed E-state index contributed by atoms with van der Waals surface area (Å²) in [6, 6.07) is -0.467. The highest BCUT2D eigenvalue weighted by atomic mass is 16.2. The minimum Gasteiger partial charge on any atom is -0.359 e. The van der Waals surface area contributed by atoms with E-state index in [0.717, 1.165) is 0 Å². The van der Waals surface area contributed by atoms with Crippen LogP contribution in [0.25, 0.3) is 0 Å². The zero-order chi connectivity index (χ0) is 10.0.